The van der Waals surface area contributed by atoms with Crippen molar-refractivity contribution in [2.75, 3.05) is 13.1 Å². The predicted molar refractivity (Wildman–Crippen MR) is 57.2 cm³/mol. The molecule has 1 heterocycles. The highest BCUT2D eigenvalue weighted by molar-refractivity contribution is 5.80. The minimum absolute atomic E-state index is 0.414. The molecule has 14 heavy (non-hydrogen) atoms. The Morgan fingerprint density at radius 3 is 2.86 bits per heavy atom. The summed E-state index contributed by atoms with van der Waals surface area (Å²) in [7, 11) is 0. The van der Waals surface area contributed by atoms with Crippen LogP contribution in [0.1, 0.15) is 45.4 Å². The summed E-state index contributed by atoms with van der Waals surface area (Å²) in [5.74, 6) is 1.32. The minimum Gasteiger partial charge on any atom is -0.298 e. The van der Waals surface area contributed by atoms with Crippen molar-refractivity contribution in [3.05, 3.63) is 0 Å². The average molecular weight is 195 g/mol. The number of nitrogens with zero attached hydrogens (tertiary/aromatic N) is 1. The molecule has 0 N–H and O–H groups in total. The van der Waals surface area contributed by atoms with Crippen LogP contribution in [-0.2, 0) is 4.79 Å². The number of likely N-dealkylation sites (tertiary alicyclic amines) is 1. The smallest absolute Gasteiger partial charge is 0.146 e. The van der Waals surface area contributed by atoms with Gasteiger partial charge in [0.15, 0.2) is 0 Å². The molecule has 1 saturated heterocycles. The number of rotatable bonds is 3. The maximum atomic E-state index is 11.4. The van der Waals surface area contributed by atoms with Crippen LogP contribution in [0.5, 0.6) is 0 Å². The number of Topliss-reactive ketones (excluding diaryl/α,β-unsaturated/α-hetero) is 1. The molecule has 2 fully saturated rings. The van der Waals surface area contributed by atoms with Gasteiger partial charge in [-0.05, 0) is 38.1 Å². The van der Waals surface area contributed by atoms with E-state index in [1.54, 1.807) is 0 Å². The standard InChI is InChI=1S/C12H21NO/c1-2-11(14)9-13-8-4-6-10-5-3-7-12(10)13/h10,12H,2-9H2,1H3. The lowest BCUT2D eigenvalue weighted by Crippen LogP contribution is -2.44. The Labute approximate surface area is 86.7 Å². The lowest BCUT2D eigenvalue weighted by Gasteiger charge is -2.37. The molecular weight excluding hydrogens is 174 g/mol. The van der Waals surface area contributed by atoms with Crippen molar-refractivity contribution in [1.29, 1.82) is 0 Å². The lowest BCUT2D eigenvalue weighted by molar-refractivity contribution is -0.121. The highest BCUT2D eigenvalue weighted by Gasteiger charge is 2.35. The van der Waals surface area contributed by atoms with E-state index >= 15 is 0 Å². The van der Waals surface area contributed by atoms with Crippen molar-refractivity contribution in [1.82, 2.24) is 4.90 Å². The molecule has 80 valence electrons. The molecule has 0 spiro atoms. The van der Waals surface area contributed by atoms with Crippen molar-refractivity contribution in [3.8, 4) is 0 Å². The van der Waals surface area contributed by atoms with E-state index in [4.69, 9.17) is 0 Å². The SMILES string of the molecule is CCC(=O)CN1CCCC2CCCC21. The highest BCUT2D eigenvalue weighted by Crippen LogP contribution is 2.36. The zero-order chi connectivity index (χ0) is 9.97. The molecule has 2 nitrogen and oxygen atoms in total. The summed E-state index contributed by atoms with van der Waals surface area (Å²) in [6, 6.07) is 0.749. The molecule has 0 aromatic rings. The fourth-order valence-electron chi connectivity index (χ4n) is 3.09. The first-order valence-electron chi connectivity index (χ1n) is 6.07. The van der Waals surface area contributed by atoms with Crippen LogP contribution in [0.25, 0.3) is 0 Å². The van der Waals surface area contributed by atoms with Crippen molar-refractivity contribution in [2.45, 2.75) is 51.5 Å². The van der Waals surface area contributed by atoms with E-state index < -0.39 is 0 Å². The molecule has 1 aliphatic heterocycles. The summed E-state index contributed by atoms with van der Waals surface area (Å²) in [4.78, 5) is 13.9. The van der Waals surface area contributed by atoms with E-state index in [9.17, 15) is 4.79 Å². The minimum atomic E-state index is 0.414. The molecule has 2 heteroatoms. The number of piperidine rings is 1. The van der Waals surface area contributed by atoms with Crippen molar-refractivity contribution < 1.29 is 4.79 Å². The van der Waals surface area contributed by atoms with Crippen LogP contribution in [0.3, 0.4) is 0 Å². The first kappa shape index (κ1) is 10.2. The van der Waals surface area contributed by atoms with Crippen LogP contribution in [0.2, 0.25) is 0 Å². The van der Waals surface area contributed by atoms with Gasteiger partial charge in [0, 0.05) is 12.5 Å². The van der Waals surface area contributed by atoms with E-state index in [2.05, 4.69) is 4.90 Å². The van der Waals surface area contributed by atoms with Gasteiger partial charge in [-0.1, -0.05) is 13.3 Å². The van der Waals surface area contributed by atoms with Crippen LogP contribution < -0.4 is 0 Å². The molecular formula is C12H21NO. The molecule has 2 unspecified atom stereocenters. The molecule has 2 rings (SSSR count). The molecule has 0 aromatic carbocycles. The van der Waals surface area contributed by atoms with E-state index in [1.165, 1.54) is 32.1 Å². The van der Waals surface area contributed by atoms with Gasteiger partial charge in [0.05, 0.1) is 6.54 Å². The second kappa shape index (κ2) is 4.43. The number of hydrogen-bond acceptors (Lipinski definition) is 2. The third kappa shape index (κ3) is 2.00. The second-order valence-corrected chi connectivity index (χ2v) is 4.76. The van der Waals surface area contributed by atoms with Gasteiger partial charge in [-0.2, -0.15) is 0 Å². The molecule has 2 aliphatic rings. The topological polar surface area (TPSA) is 20.3 Å². The summed E-state index contributed by atoms with van der Waals surface area (Å²) in [5.41, 5.74) is 0. The van der Waals surface area contributed by atoms with Crippen LogP contribution in [0, 0.1) is 5.92 Å². The number of hydrogen-bond donors (Lipinski definition) is 0. The summed E-state index contributed by atoms with van der Waals surface area (Å²) in [5, 5.41) is 0. The highest BCUT2D eigenvalue weighted by atomic mass is 16.1. The van der Waals surface area contributed by atoms with Gasteiger partial charge in [0.1, 0.15) is 5.78 Å². The Hall–Kier alpha value is -0.370. The monoisotopic (exact) mass is 195 g/mol. The predicted octanol–water partition coefficient (Wildman–Crippen LogP) is 2.23. The van der Waals surface area contributed by atoms with Crippen LogP contribution in [-0.4, -0.2) is 29.8 Å². The fourth-order valence-corrected chi connectivity index (χ4v) is 3.09. The first-order valence-corrected chi connectivity index (χ1v) is 6.07. The van der Waals surface area contributed by atoms with E-state index in [-0.39, 0.29) is 0 Å². The Morgan fingerprint density at radius 1 is 1.29 bits per heavy atom. The molecule has 0 aromatic heterocycles. The fraction of sp³-hybridized carbons (Fsp3) is 0.917. The normalized spacial score (nSPS) is 32.9. The Bertz CT molecular complexity index is 214. The Kier molecular flexibility index (Phi) is 3.22. The van der Waals surface area contributed by atoms with Crippen molar-refractivity contribution in [2.24, 2.45) is 5.92 Å². The summed E-state index contributed by atoms with van der Waals surface area (Å²) < 4.78 is 0. The molecule has 0 radical (unpaired) electrons. The molecule has 0 bridgehead atoms. The number of carbonyl (C=O) groups excluding carboxylic acids is 1. The van der Waals surface area contributed by atoms with Gasteiger partial charge >= 0.3 is 0 Å². The maximum absolute atomic E-state index is 11.4. The first-order chi connectivity index (χ1) is 6.81. The van der Waals surface area contributed by atoms with E-state index in [0.717, 1.165) is 25.0 Å². The van der Waals surface area contributed by atoms with Crippen molar-refractivity contribution >= 4 is 5.78 Å². The summed E-state index contributed by atoms with van der Waals surface area (Å²) >= 11 is 0. The van der Waals surface area contributed by atoms with Gasteiger partial charge < -0.3 is 0 Å². The van der Waals surface area contributed by atoms with Crippen LogP contribution >= 0.6 is 0 Å². The third-order valence-corrected chi connectivity index (χ3v) is 3.88. The van der Waals surface area contributed by atoms with Crippen LogP contribution in [0.4, 0.5) is 0 Å². The molecule has 1 saturated carbocycles. The zero-order valence-corrected chi connectivity index (χ0v) is 9.17. The Morgan fingerprint density at radius 2 is 2.07 bits per heavy atom. The van der Waals surface area contributed by atoms with Gasteiger partial charge in [-0.3, -0.25) is 9.69 Å². The Balaban J connectivity index is 1.93. The average Bonchev–Trinajstić information content (AvgIpc) is 2.66. The molecule has 1 aliphatic carbocycles. The van der Waals surface area contributed by atoms with Gasteiger partial charge in [0.2, 0.25) is 0 Å². The summed E-state index contributed by atoms with van der Waals surface area (Å²) in [6.45, 7) is 3.85. The van der Waals surface area contributed by atoms with Gasteiger partial charge in [-0.25, -0.2) is 0 Å². The summed E-state index contributed by atoms with van der Waals surface area (Å²) in [6.07, 6.45) is 7.53. The number of carbonyl (C=O) groups is 1. The number of ketones is 1. The lowest BCUT2D eigenvalue weighted by atomic mass is 9.92. The number of fused-ring (bicyclic) bond motifs is 1. The van der Waals surface area contributed by atoms with Gasteiger partial charge in [-0.15, -0.1) is 0 Å². The largest absolute Gasteiger partial charge is 0.298 e. The van der Waals surface area contributed by atoms with Crippen LogP contribution in [0.15, 0.2) is 0 Å². The van der Waals surface area contributed by atoms with E-state index in [0.29, 0.717) is 12.2 Å². The maximum Gasteiger partial charge on any atom is 0.146 e. The van der Waals surface area contributed by atoms with Gasteiger partial charge in [0.25, 0.3) is 0 Å². The van der Waals surface area contributed by atoms with E-state index in [1.807, 2.05) is 6.92 Å². The quantitative estimate of drug-likeness (QED) is 0.688. The zero-order valence-electron chi connectivity index (χ0n) is 9.17. The third-order valence-electron chi connectivity index (χ3n) is 3.88. The molecule has 0 amide bonds. The second-order valence-electron chi connectivity index (χ2n) is 4.76. The molecule has 2 atom stereocenters. The van der Waals surface area contributed by atoms with Crippen molar-refractivity contribution in [3.63, 3.8) is 0 Å².